The van der Waals surface area contributed by atoms with E-state index in [9.17, 15) is 0 Å². The number of thiocarbonyl (C=S) groups is 1. The highest BCUT2D eigenvalue weighted by atomic mass is 35.5. The maximum atomic E-state index is 6.10. The van der Waals surface area contributed by atoms with Crippen LogP contribution in [0.25, 0.3) is 0 Å². The Labute approximate surface area is 154 Å². The zero-order valence-electron chi connectivity index (χ0n) is 14.0. The van der Waals surface area contributed by atoms with Crippen LogP contribution in [-0.2, 0) is 4.74 Å². The lowest BCUT2D eigenvalue weighted by Crippen LogP contribution is -2.30. The Morgan fingerprint density at radius 3 is 2.67 bits per heavy atom. The lowest BCUT2D eigenvalue weighted by atomic mass is 10.1. The standard InChI is InChI=1S/C19H23ClN2OS/c1-14-17(20)10-6-11-18(14)22-19(24)21-12-7-13-23-15(2)16-8-4-3-5-9-16/h3-6,8-11,15H,7,12-13H2,1-2H3,(H2,21,22,24)/t15-/m1/s1. The minimum absolute atomic E-state index is 0.102. The van der Waals surface area contributed by atoms with Crippen LogP contribution < -0.4 is 10.6 Å². The van der Waals surface area contributed by atoms with Gasteiger partial charge in [0.1, 0.15) is 0 Å². The van der Waals surface area contributed by atoms with E-state index in [-0.39, 0.29) is 6.10 Å². The van der Waals surface area contributed by atoms with Gasteiger partial charge >= 0.3 is 0 Å². The van der Waals surface area contributed by atoms with Gasteiger partial charge in [0, 0.05) is 23.9 Å². The van der Waals surface area contributed by atoms with Crippen molar-refractivity contribution in [2.24, 2.45) is 0 Å². The monoisotopic (exact) mass is 362 g/mol. The molecule has 0 aliphatic carbocycles. The summed E-state index contributed by atoms with van der Waals surface area (Å²) in [5.74, 6) is 0. The molecule has 128 valence electrons. The molecule has 0 unspecified atom stereocenters. The molecule has 2 aromatic rings. The molecule has 0 aromatic heterocycles. The minimum atomic E-state index is 0.102. The van der Waals surface area contributed by atoms with Crippen LogP contribution in [0.3, 0.4) is 0 Å². The SMILES string of the molecule is Cc1c(Cl)cccc1NC(=S)NCCCO[C@H](C)c1ccccc1. The van der Waals surface area contributed by atoms with E-state index in [1.165, 1.54) is 5.56 Å². The molecular formula is C19H23ClN2OS. The van der Waals surface area contributed by atoms with E-state index in [4.69, 9.17) is 28.6 Å². The van der Waals surface area contributed by atoms with Gasteiger partial charge in [-0.05, 0) is 55.7 Å². The summed E-state index contributed by atoms with van der Waals surface area (Å²) in [5.41, 5.74) is 3.11. The molecule has 1 atom stereocenters. The number of rotatable bonds is 7. The molecule has 0 bridgehead atoms. The summed E-state index contributed by atoms with van der Waals surface area (Å²) in [6, 6.07) is 15.9. The molecule has 0 saturated heterocycles. The summed E-state index contributed by atoms with van der Waals surface area (Å²) >= 11 is 11.4. The molecule has 0 heterocycles. The van der Waals surface area contributed by atoms with Gasteiger partial charge in [-0.3, -0.25) is 0 Å². The van der Waals surface area contributed by atoms with Gasteiger partial charge in [0.25, 0.3) is 0 Å². The minimum Gasteiger partial charge on any atom is -0.374 e. The van der Waals surface area contributed by atoms with E-state index >= 15 is 0 Å². The van der Waals surface area contributed by atoms with Gasteiger partial charge < -0.3 is 15.4 Å². The molecule has 0 spiro atoms. The zero-order valence-corrected chi connectivity index (χ0v) is 15.6. The van der Waals surface area contributed by atoms with Gasteiger partial charge in [-0.2, -0.15) is 0 Å². The summed E-state index contributed by atoms with van der Waals surface area (Å²) in [7, 11) is 0. The molecule has 2 rings (SSSR count). The van der Waals surface area contributed by atoms with Crippen LogP contribution in [0.4, 0.5) is 5.69 Å². The number of halogens is 1. The number of anilines is 1. The fourth-order valence-corrected chi connectivity index (χ4v) is 2.65. The molecular weight excluding hydrogens is 340 g/mol. The highest BCUT2D eigenvalue weighted by Crippen LogP contribution is 2.22. The van der Waals surface area contributed by atoms with Crippen LogP contribution in [0.1, 0.15) is 30.6 Å². The van der Waals surface area contributed by atoms with Crippen molar-refractivity contribution in [2.45, 2.75) is 26.4 Å². The Morgan fingerprint density at radius 1 is 1.17 bits per heavy atom. The van der Waals surface area contributed by atoms with Crippen LogP contribution in [0.15, 0.2) is 48.5 Å². The van der Waals surface area contributed by atoms with Crippen molar-refractivity contribution in [3.8, 4) is 0 Å². The molecule has 0 amide bonds. The first-order valence-corrected chi connectivity index (χ1v) is 8.83. The molecule has 3 nitrogen and oxygen atoms in total. The quantitative estimate of drug-likeness (QED) is 0.530. The first kappa shape index (κ1) is 18.7. The van der Waals surface area contributed by atoms with Gasteiger partial charge in [0.2, 0.25) is 0 Å². The summed E-state index contributed by atoms with van der Waals surface area (Å²) in [6.45, 7) is 5.47. The first-order valence-electron chi connectivity index (χ1n) is 8.04. The third kappa shape index (κ3) is 5.78. The van der Waals surface area contributed by atoms with Crippen LogP contribution in [0, 0.1) is 6.92 Å². The highest BCUT2D eigenvalue weighted by molar-refractivity contribution is 7.80. The number of nitrogens with one attached hydrogen (secondary N) is 2. The Kier molecular flexibility index (Phi) is 7.50. The van der Waals surface area contributed by atoms with Crippen LogP contribution in [-0.4, -0.2) is 18.3 Å². The lowest BCUT2D eigenvalue weighted by Gasteiger charge is -2.15. The fourth-order valence-electron chi connectivity index (χ4n) is 2.26. The van der Waals surface area contributed by atoms with Gasteiger partial charge in [0.15, 0.2) is 5.11 Å². The van der Waals surface area contributed by atoms with E-state index in [2.05, 4.69) is 29.7 Å². The predicted molar refractivity (Wildman–Crippen MR) is 106 cm³/mol. The number of benzene rings is 2. The van der Waals surface area contributed by atoms with E-state index in [0.29, 0.717) is 11.7 Å². The molecule has 24 heavy (non-hydrogen) atoms. The maximum absolute atomic E-state index is 6.10. The van der Waals surface area contributed by atoms with Crippen molar-refractivity contribution in [2.75, 3.05) is 18.5 Å². The molecule has 0 fully saturated rings. The average Bonchev–Trinajstić information content (AvgIpc) is 2.59. The van der Waals surface area contributed by atoms with Crippen molar-refractivity contribution in [1.29, 1.82) is 0 Å². The van der Waals surface area contributed by atoms with Crippen LogP contribution >= 0.6 is 23.8 Å². The first-order chi connectivity index (χ1) is 11.6. The molecule has 5 heteroatoms. The van der Waals surface area contributed by atoms with E-state index < -0.39 is 0 Å². The normalized spacial score (nSPS) is 11.8. The number of hydrogen-bond acceptors (Lipinski definition) is 2. The summed E-state index contributed by atoms with van der Waals surface area (Å²) in [5, 5.41) is 7.68. The molecule has 0 aliphatic heterocycles. The molecule has 0 radical (unpaired) electrons. The van der Waals surface area contributed by atoms with Crippen molar-refractivity contribution in [3.05, 3.63) is 64.7 Å². The number of ether oxygens (including phenoxy) is 1. The van der Waals surface area contributed by atoms with E-state index in [1.54, 1.807) is 0 Å². The zero-order chi connectivity index (χ0) is 17.4. The second-order valence-corrected chi connectivity index (χ2v) is 6.39. The summed E-state index contributed by atoms with van der Waals surface area (Å²) < 4.78 is 5.84. The second-order valence-electron chi connectivity index (χ2n) is 5.57. The maximum Gasteiger partial charge on any atom is 0.170 e. The van der Waals surface area contributed by atoms with Crippen molar-refractivity contribution in [3.63, 3.8) is 0 Å². The lowest BCUT2D eigenvalue weighted by molar-refractivity contribution is 0.0646. The van der Waals surface area contributed by atoms with Crippen molar-refractivity contribution >= 4 is 34.6 Å². The Hall–Kier alpha value is -1.62. The Balaban J connectivity index is 1.65. The Morgan fingerprint density at radius 2 is 1.92 bits per heavy atom. The molecule has 2 aromatic carbocycles. The largest absolute Gasteiger partial charge is 0.374 e. The molecule has 2 N–H and O–H groups in total. The summed E-state index contributed by atoms with van der Waals surface area (Å²) in [6.07, 6.45) is 0.985. The smallest absolute Gasteiger partial charge is 0.170 e. The Bertz CT molecular complexity index is 664. The third-order valence-corrected chi connectivity index (χ3v) is 4.42. The third-order valence-electron chi connectivity index (χ3n) is 3.76. The predicted octanol–water partition coefficient (Wildman–Crippen LogP) is 5.10. The van der Waals surface area contributed by atoms with Gasteiger partial charge in [-0.25, -0.2) is 0 Å². The van der Waals surface area contributed by atoms with Gasteiger partial charge in [-0.1, -0.05) is 48.0 Å². The van der Waals surface area contributed by atoms with Crippen LogP contribution in [0.5, 0.6) is 0 Å². The number of hydrogen-bond donors (Lipinski definition) is 2. The highest BCUT2D eigenvalue weighted by Gasteiger charge is 2.05. The topological polar surface area (TPSA) is 33.3 Å². The average molecular weight is 363 g/mol. The molecule has 0 aliphatic rings. The second kappa shape index (κ2) is 9.62. The van der Waals surface area contributed by atoms with Crippen molar-refractivity contribution in [1.82, 2.24) is 5.32 Å². The van der Waals surface area contributed by atoms with E-state index in [1.807, 2.05) is 43.3 Å². The van der Waals surface area contributed by atoms with Crippen molar-refractivity contribution < 1.29 is 4.74 Å². The van der Waals surface area contributed by atoms with Gasteiger partial charge in [-0.15, -0.1) is 0 Å². The van der Waals surface area contributed by atoms with Gasteiger partial charge in [0.05, 0.1) is 6.10 Å². The summed E-state index contributed by atoms with van der Waals surface area (Å²) in [4.78, 5) is 0. The molecule has 0 saturated carbocycles. The van der Waals surface area contributed by atoms with E-state index in [0.717, 1.165) is 29.2 Å². The van der Waals surface area contributed by atoms with Crippen LogP contribution in [0.2, 0.25) is 5.02 Å². The fraction of sp³-hybridized carbons (Fsp3) is 0.316.